The molecule has 0 spiro atoms. The lowest BCUT2D eigenvalue weighted by Crippen LogP contribution is -2.36. The summed E-state index contributed by atoms with van der Waals surface area (Å²) < 4.78 is 5.22. The SMILES string of the molecule is COc1ccc(CO)nc1C1CCN1. The first-order valence-electron chi connectivity index (χ1n) is 4.73. The van der Waals surface area contributed by atoms with Gasteiger partial charge in [0.2, 0.25) is 0 Å². The van der Waals surface area contributed by atoms with E-state index >= 15 is 0 Å². The highest BCUT2D eigenvalue weighted by molar-refractivity contribution is 5.32. The summed E-state index contributed by atoms with van der Waals surface area (Å²) in [6.45, 7) is 1.00. The highest BCUT2D eigenvalue weighted by Gasteiger charge is 2.23. The van der Waals surface area contributed by atoms with Crippen LogP contribution in [0.3, 0.4) is 0 Å². The van der Waals surface area contributed by atoms with Gasteiger partial charge >= 0.3 is 0 Å². The molecule has 1 unspecified atom stereocenters. The van der Waals surface area contributed by atoms with E-state index in [1.54, 1.807) is 13.2 Å². The lowest BCUT2D eigenvalue weighted by atomic mass is 10.0. The van der Waals surface area contributed by atoms with Gasteiger partial charge in [-0.3, -0.25) is 0 Å². The van der Waals surface area contributed by atoms with E-state index in [4.69, 9.17) is 9.84 Å². The van der Waals surface area contributed by atoms with Crippen molar-refractivity contribution in [3.8, 4) is 5.75 Å². The van der Waals surface area contributed by atoms with Gasteiger partial charge in [-0.25, -0.2) is 4.98 Å². The number of pyridine rings is 1. The number of aliphatic hydroxyl groups excluding tert-OH is 1. The molecule has 76 valence electrons. The fourth-order valence-electron chi connectivity index (χ4n) is 1.54. The maximum absolute atomic E-state index is 8.97. The van der Waals surface area contributed by atoms with Crippen LogP contribution in [0.4, 0.5) is 0 Å². The number of methoxy groups -OCH3 is 1. The molecule has 0 saturated carbocycles. The quantitative estimate of drug-likeness (QED) is 0.740. The van der Waals surface area contributed by atoms with Gasteiger partial charge in [0.1, 0.15) is 5.75 Å². The van der Waals surface area contributed by atoms with Gasteiger partial charge in [0, 0.05) is 0 Å². The third kappa shape index (κ3) is 1.58. The van der Waals surface area contributed by atoms with Crippen LogP contribution in [0.25, 0.3) is 0 Å². The molecular weight excluding hydrogens is 180 g/mol. The van der Waals surface area contributed by atoms with Crippen molar-refractivity contribution in [2.24, 2.45) is 0 Å². The molecule has 0 amide bonds. The lowest BCUT2D eigenvalue weighted by Gasteiger charge is -2.28. The van der Waals surface area contributed by atoms with E-state index in [0.717, 1.165) is 24.4 Å². The molecule has 0 radical (unpaired) electrons. The number of ether oxygens (including phenoxy) is 1. The van der Waals surface area contributed by atoms with Crippen molar-refractivity contribution in [1.29, 1.82) is 0 Å². The molecule has 1 aliphatic heterocycles. The maximum atomic E-state index is 8.97. The number of hydrogen-bond acceptors (Lipinski definition) is 4. The Morgan fingerprint density at radius 2 is 2.43 bits per heavy atom. The first kappa shape index (κ1) is 9.43. The molecule has 1 aromatic rings. The molecule has 0 bridgehead atoms. The van der Waals surface area contributed by atoms with Crippen molar-refractivity contribution in [3.05, 3.63) is 23.5 Å². The van der Waals surface area contributed by atoms with Crippen LogP contribution in [0.1, 0.15) is 23.9 Å². The molecule has 2 rings (SSSR count). The maximum Gasteiger partial charge on any atom is 0.142 e. The second kappa shape index (κ2) is 3.94. The van der Waals surface area contributed by atoms with E-state index in [1.807, 2.05) is 6.07 Å². The zero-order valence-corrected chi connectivity index (χ0v) is 8.16. The van der Waals surface area contributed by atoms with Crippen molar-refractivity contribution in [1.82, 2.24) is 10.3 Å². The van der Waals surface area contributed by atoms with Gasteiger partial charge in [0.25, 0.3) is 0 Å². The average molecular weight is 194 g/mol. The van der Waals surface area contributed by atoms with Crippen molar-refractivity contribution < 1.29 is 9.84 Å². The average Bonchev–Trinajstić information content (AvgIpc) is 2.15. The standard InChI is InChI=1S/C10H14N2O2/c1-14-9-3-2-7(6-13)12-10(9)8-4-5-11-8/h2-3,8,11,13H,4-6H2,1H3. The van der Waals surface area contributed by atoms with E-state index in [0.29, 0.717) is 5.69 Å². The highest BCUT2D eigenvalue weighted by Crippen LogP contribution is 2.29. The molecule has 1 atom stereocenters. The Balaban J connectivity index is 2.31. The first-order chi connectivity index (χ1) is 6.85. The smallest absolute Gasteiger partial charge is 0.142 e. The van der Waals surface area contributed by atoms with Crippen LogP contribution in [0.15, 0.2) is 12.1 Å². The second-order valence-corrected chi connectivity index (χ2v) is 3.34. The summed E-state index contributed by atoms with van der Waals surface area (Å²) in [6.07, 6.45) is 1.08. The van der Waals surface area contributed by atoms with Gasteiger partial charge in [-0.05, 0) is 25.1 Å². The van der Waals surface area contributed by atoms with E-state index < -0.39 is 0 Å². The van der Waals surface area contributed by atoms with E-state index in [2.05, 4.69) is 10.3 Å². The Labute approximate surface area is 82.9 Å². The number of aliphatic hydroxyl groups is 1. The molecule has 14 heavy (non-hydrogen) atoms. The van der Waals surface area contributed by atoms with Gasteiger partial charge < -0.3 is 15.2 Å². The summed E-state index contributed by atoms with van der Waals surface area (Å²) in [7, 11) is 1.64. The van der Waals surface area contributed by atoms with Crippen molar-refractivity contribution >= 4 is 0 Å². The third-order valence-electron chi connectivity index (χ3n) is 2.48. The lowest BCUT2D eigenvalue weighted by molar-refractivity contribution is 0.273. The molecular formula is C10H14N2O2. The Bertz CT molecular complexity index is 324. The molecule has 0 aliphatic carbocycles. The normalized spacial score (nSPS) is 20.3. The zero-order valence-electron chi connectivity index (χ0n) is 8.16. The van der Waals surface area contributed by atoms with Crippen LogP contribution in [-0.2, 0) is 6.61 Å². The van der Waals surface area contributed by atoms with E-state index in [1.165, 1.54) is 0 Å². The minimum atomic E-state index is -0.0241. The molecule has 2 heterocycles. The number of rotatable bonds is 3. The largest absolute Gasteiger partial charge is 0.495 e. The molecule has 1 aromatic heterocycles. The van der Waals surface area contributed by atoms with Crippen molar-refractivity contribution in [3.63, 3.8) is 0 Å². The Kier molecular flexibility index (Phi) is 2.65. The minimum absolute atomic E-state index is 0.0241. The van der Waals surface area contributed by atoms with Crippen LogP contribution < -0.4 is 10.1 Å². The summed E-state index contributed by atoms with van der Waals surface area (Å²) in [6, 6.07) is 3.92. The fraction of sp³-hybridized carbons (Fsp3) is 0.500. The summed E-state index contributed by atoms with van der Waals surface area (Å²) in [4.78, 5) is 4.35. The summed E-state index contributed by atoms with van der Waals surface area (Å²) in [5, 5.41) is 12.2. The number of nitrogens with zero attached hydrogens (tertiary/aromatic N) is 1. The summed E-state index contributed by atoms with van der Waals surface area (Å²) in [5.41, 5.74) is 1.60. The summed E-state index contributed by atoms with van der Waals surface area (Å²) >= 11 is 0. The van der Waals surface area contributed by atoms with Crippen molar-refractivity contribution in [2.45, 2.75) is 19.1 Å². The topological polar surface area (TPSA) is 54.4 Å². The molecule has 1 saturated heterocycles. The molecule has 0 aromatic carbocycles. The molecule has 4 nitrogen and oxygen atoms in total. The molecule has 2 N–H and O–H groups in total. The van der Waals surface area contributed by atoms with Gasteiger partial charge in [-0.15, -0.1) is 0 Å². The van der Waals surface area contributed by atoms with E-state index in [-0.39, 0.29) is 12.6 Å². The van der Waals surface area contributed by atoms with E-state index in [9.17, 15) is 0 Å². The van der Waals surface area contributed by atoms with Gasteiger partial charge in [0.05, 0.1) is 31.1 Å². The second-order valence-electron chi connectivity index (χ2n) is 3.34. The fourth-order valence-corrected chi connectivity index (χ4v) is 1.54. The Morgan fingerprint density at radius 1 is 1.64 bits per heavy atom. The number of nitrogens with one attached hydrogen (secondary N) is 1. The number of aromatic nitrogens is 1. The van der Waals surface area contributed by atoms with Gasteiger partial charge in [-0.2, -0.15) is 0 Å². The summed E-state index contributed by atoms with van der Waals surface area (Å²) in [5.74, 6) is 0.791. The molecule has 1 aliphatic rings. The first-order valence-corrected chi connectivity index (χ1v) is 4.73. The third-order valence-corrected chi connectivity index (χ3v) is 2.48. The Hall–Kier alpha value is -1.13. The van der Waals surface area contributed by atoms with Gasteiger partial charge in [0.15, 0.2) is 0 Å². The predicted molar refractivity (Wildman–Crippen MR) is 52.1 cm³/mol. The zero-order chi connectivity index (χ0) is 9.97. The van der Waals surface area contributed by atoms with Crippen LogP contribution >= 0.6 is 0 Å². The molecule has 4 heteroatoms. The minimum Gasteiger partial charge on any atom is -0.495 e. The number of hydrogen-bond donors (Lipinski definition) is 2. The highest BCUT2D eigenvalue weighted by atomic mass is 16.5. The monoisotopic (exact) mass is 194 g/mol. The predicted octanol–water partition coefficient (Wildman–Crippen LogP) is 0.617. The van der Waals surface area contributed by atoms with Gasteiger partial charge in [-0.1, -0.05) is 0 Å². The van der Waals surface area contributed by atoms with Crippen LogP contribution in [0.5, 0.6) is 5.75 Å². The van der Waals surface area contributed by atoms with Crippen LogP contribution in [-0.4, -0.2) is 23.7 Å². The molecule has 1 fully saturated rings. The Morgan fingerprint density at radius 3 is 2.93 bits per heavy atom. The van der Waals surface area contributed by atoms with Crippen LogP contribution in [0.2, 0.25) is 0 Å². The van der Waals surface area contributed by atoms with Crippen LogP contribution in [0, 0.1) is 0 Å². The van der Waals surface area contributed by atoms with Crippen molar-refractivity contribution in [2.75, 3.05) is 13.7 Å².